The molecule has 1 unspecified atom stereocenters. The summed E-state index contributed by atoms with van der Waals surface area (Å²) in [6.07, 6.45) is 2.48. The molecule has 0 spiro atoms. The molecule has 0 aliphatic carbocycles. The summed E-state index contributed by atoms with van der Waals surface area (Å²) in [6, 6.07) is 4.74. The van der Waals surface area contributed by atoms with E-state index >= 15 is 0 Å². The Bertz CT molecular complexity index is 438. The molecular weight excluding hydrogens is 372 g/mol. The zero-order valence-corrected chi connectivity index (χ0v) is 14.6. The fraction of sp³-hybridized carbons (Fsp3) is 0.571. The Balaban J connectivity index is 2.20. The Hall–Kier alpha value is -0.260. The van der Waals surface area contributed by atoms with Crippen LogP contribution in [0.25, 0.3) is 0 Å². The maximum absolute atomic E-state index is 5.40. The minimum atomic E-state index is 0.584. The summed E-state index contributed by atoms with van der Waals surface area (Å²) in [6.45, 7) is 5.35. The van der Waals surface area contributed by atoms with Crippen LogP contribution in [-0.2, 0) is 0 Å². The smallest absolute Gasteiger partial charge is 0.135 e. The van der Waals surface area contributed by atoms with Gasteiger partial charge in [0.15, 0.2) is 0 Å². The van der Waals surface area contributed by atoms with Crippen molar-refractivity contribution >= 4 is 37.5 Å². The molecule has 1 aliphatic rings. The molecule has 1 aromatic carbocycles. The van der Waals surface area contributed by atoms with E-state index in [-0.39, 0.29) is 0 Å². The zero-order valence-electron chi connectivity index (χ0n) is 11.4. The summed E-state index contributed by atoms with van der Waals surface area (Å²) >= 11 is 7.17. The summed E-state index contributed by atoms with van der Waals surface area (Å²) in [4.78, 5) is 2.43. The number of anilines is 1. The maximum atomic E-state index is 5.40. The third-order valence-corrected chi connectivity index (χ3v) is 4.73. The average molecular weight is 392 g/mol. The van der Waals surface area contributed by atoms with E-state index in [1.807, 2.05) is 0 Å². The van der Waals surface area contributed by atoms with E-state index in [0.717, 1.165) is 34.3 Å². The first kappa shape index (κ1) is 15.1. The largest absolute Gasteiger partial charge is 0.495 e. The predicted octanol–water partition coefficient (Wildman–Crippen LogP) is 3.80. The van der Waals surface area contributed by atoms with Crippen LogP contribution < -0.4 is 15.0 Å². The van der Waals surface area contributed by atoms with E-state index in [2.05, 4.69) is 61.1 Å². The molecular formula is C14H20Br2N2O. The minimum Gasteiger partial charge on any atom is -0.495 e. The standard InChI is InChI=1S/C14H20Br2N2O/c1-3-17-10-5-4-6-18(9-10)13-8-14(19-2)12(16)7-11(13)15/h7-8,10,17H,3-6,9H2,1-2H3. The zero-order chi connectivity index (χ0) is 13.8. The van der Waals surface area contributed by atoms with E-state index in [1.54, 1.807) is 7.11 Å². The molecule has 1 atom stereocenters. The molecule has 0 aromatic heterocycles. The molecule has 1 saturated heterocycles. The van der Waals surface area contributed by atoms with Crippen LogP contribution in [0.2, 0.25) is 0 Å². The van der Waals surface area contributed by atoms with E-state index in [4.69, 9.17) is 4.74 Å². The number of hydrogen-bond acceptors (Lipinski definition) is 3. The van der Waals surface area contributed by atoms with Gasteiger partial charge in [-0.05, 0) is 57.3 Å². The minimum absolute atomic E-state index is 0.584. The van der Waals surface area contributed by atoms with Crippen LogP contribution >= 0.6 is 31.9 Å². The van der Waals surface area contributed by atoms with Crippen LogP contribution in [-0.4, -0.2) is 32.8 Å². The predicted molar refractivity (Wildman–Crippen MR) is 87.3 cm³/mol. The fourth-order valence-corrected chi connectivity index (χ4v) is 3.97. The number of nitrogens with zero attached hydrogens (tertiary/aromatic N) is 1. The van der Waals surface area contributed by atoms with Gasteiger partial charge in [-0.3, -0.25) is 0 Å². The first-order chi connectivity index (χ1) is 9.15. The quantitative estimate of drug-likeness (QED) is 0.844. The van der Waals surface area contributed by atoms with E-state index in [9.17, 15) is 0 Å². The van der Waals surface area contributed by atoms with Crippen LogP contribution in [0.5, 0.6) is 5.75 Å². The van der Waals surface area contributed by atoms with Crippen molar-refractivity contribution in [1.82, 2.24) is 5.32 Å². The number of halogens is 2. The highest BCUT2D eigenvalue weighted by molar-refractivity contribution is 9.11. The molecule has 1 heterocycles. The van der Waals surface area contributed by atoms with Gasteiger partial charge in [0.1, 0.15) is 5.75 Å². The van der Waals surface area contributed by atoms with Gasteiger partial charge >= 0.3 is 0 Å². The number of likely N-dealkylation sites (N-methyl/N-ethyl adjacent to an activating group) is 1. The van der Waals surface area contributed by atoms with Gasteiger partial charge in [0.25, 0.3) is 0 Å². The lowest BCUT2D eigenvalue weighted by Gasteiger charge is -2.35. The summed E-state index contributed by atoms with van der Waals surface area (Å²) in [5, 5.41) is 3.55. The maximum Gasteiger partial charge on any atom is 0.135 e. The van der Waals surface area contributed by atoms with E-state index in [1.165, 1.54) is 18.5 Å². The summed E-state index contributed by atoms with van der Waals surface area (Å²) in [5.41, 5.74) is 1.21. The van der Waals surface area contributed by atoms with Crippen LogP contribution in [0.1, 0.15) is 19.8 Å². The van der Waals surface area contributed by atoms with E-state index in [0.29, 0.717) is 6.04 Å². The van der Waals surface area contributed by atoms with Crippen molar-refractivity contribution in [2.75, 3.05) is 31.6 Å². The second-order valence-electron chi connectivity index (χ2n) is 4.78. The monoisotopic (exact) mass is 390 g/mol. The van der Waals surface area contributed by atoms with Crippen LogP contribution in [0.15, 0.2) is 21.1 Å². The second kappa shape index (κ2) is 6.95. The average Bonchev–Trinajstić information content (AvgIpc) is 2.39. The molecule has 1 aliphatic heterocycles. The van der Waals surface area contributed by atoms with Gasteiger partial charge in [0.05, 0.1) is 17.3 Å². The molecule has 5 heteroatoms. The van der Waals surface area contributed by atoms with E-state index < -0.39 is 0 Å². The van der Waals surface area contributed by atoms with Crippen molar-refractivity contribution in [2.45, 2.75) is 25.8 Å². The molecule has 0 saturated carbocycles. The highest BCUT2D eigenvalue weighted by Gasteiger charge is 2.21. The SMILES string of the molecule is CCNC1CCCN(c2cc(OC)c(Br)cc2Br)C1. The molecule has 0 amide bonds. The number of nitrogens with one attached hydrogen (secondary N) is 1. The molecule has 3 nitrogen and oxygen atoms in total. The van der Waals surface area contributed by atoms with Gasteiger partial charge in [0, 0.05) is 29.7 Å². The van der Waals surface area contributed by atoms with Gasteiger partial charge < -0.3 is 15.0 Å². The Morgan fingerprint density at radius 3 is 2.84 bits per heavy atom. The highest BCUT2D eigenvalue weighted by atomic mass is 79.9. The number of rotatable bonds is 4. The number of piperidine rings is 1. The Morgan fingerprint density at radius 2 is 2.16 bits per heavy atom. The number of benzene rings is 1. The van der Waals surface area contributed by atoms with Gasteiger partial charge in [-0.2, -0.15) is 0 Å². The third-order valence-electron chi connectivity index (χ3n) is 3.48. The van der Waals surface area contributed by atoms with Gasteiger partial charge in [-0.25, -0.2) is 0 Å². The summed E-state index contributed by atoms with van der Waals surface area (Å²) in [5.74, 6) is 0.878. The molecule has 1 aromatic rings. The van der Waals surface area contributed by atoms with Crippen molar-refractivity contribution < 1.29 is 4.74 Å². The topological polar surface area (TPSA) is 24.5 Å². The van der Waals surface area contributed by atoms with Crippen molar-refractivity contribution in [1.29, 1.82) is 0 Å². The highest BCUT2D eigenvalue weighted by Crippen LogP contribution is 2.37. The first-order valence-corrected chi connectivity index (χ1v) is 8.25. The molecule has 106 valence electrons. The van der Waals surface area contributed by atoms with Crippen molar-refractivity contribution in [2.24, 2.45) is 0 Å². The Morgan fingerprint density at radius 1 is 1.37 bits per heavy atom. The number of hydrogen-bond donors (Lipinski definition) is 1. The lowest BCUT2D eigenvalue weighted by Crippen LogP contribution is -2.45. The van der Waals surface area contributed by atoms with Gasteiger partial charge in [-0.1, -0.05) is 6.92 Å². The lowest BCUT2D eigenvalue weighted by atomic mass is 10.0. The van der Waals surface area contributed by atoms with Crippen LogP contribution in [0.3, 0.4) is 0 Å². The second-order valence-corrected chi connectivity index (χ2v) is 6.49. The number of methoxy groups -OCH3 is 1. The normalized spacial score (nSPS) is 19.6. The van der Waals surface area contributed by atoms with Gasteiger partial charge in [-0.15, -0.1) is 0 Å². The van der Waals surface area contributed by atoms with Crippen molar-refractivity contribution in [3.63, 3.8) is 0 Å². The molecule has 1 fully saturated rings. The third kappa shape index (κ3) is 3.64. The summed E-state index contributed by atoms with van der Waals surface area (Å²) < 4.78 is 7.48. The molecule has 19 heavy (non-hydrogen) atoms. The molecule has 1 N–H and O–H groups in total. The van der Waals surface area contributed by atoms with Crippen LogP contribution in [0, 0.1) is 0 Å². The Kier molecular flexibility index (Phi) is 5.54. The van der Waals surface area contributed by atoms with Crippen molar-refractivity contribution in [3.8, 4) is 5.75 Å². The number of ether oxygens (including phenoxy) is 1. The fourth-order valence-electron chi connectivity index (χ4n) is 2.57. The first-order valence-electron chi connectivity index (χ1n) is 6.67. The molecule has 0 radical (unpaired) electrons. The van der Waals surface area contributed by atoms with Crippen molar-refractivity contribution in [3.05, 3.63) is 21.1 Å². The lowest BCUT2D eigenvalue weighted by molar-refractivity contribution is 0.410. The molecule has 2 rings (SSSR count). The van der Waals surface area contributed by atoms with Gasteiger partial charge in [0.2, 0.25) is 0 Å². The Labute approximate surface area is 132 Å². The van der Waals surface area contributed by atoms with Crippen LogP contribution in [0.4, 0.5) is 5.69 Å². The molecule has 0 bridgehead atoms. The summed E-state index contributed by atoms with van der Waals surface area (Å²) in [7, 11) is 1.70.